The molecule has 0 N–H and O–H groups in total. The van der Waals surface area contributed by atoms with Crippen molar-refractivity contribution in [2.75, 3.05) is 0 Å². The van der Waals surface area contributed by atoms with Gasteiger partial charge in [-0.1, -0.05) is 218 Å². The Morgan fingerprint density at radius 3 is 0.444 bits per heavy atom. The van der Waals surface area contributed by atoms with Gasteiger partial charge in [0.25, 0.3) is 0 Å². The van der Waals surface area contributed by atoms with E-state index in [4.69, 9.17) is 0 Å². The fraction of sp³-hybridized carbons (Fsp3) is 0. The third kappa shape index (κ3) is 33.6. The van der Waals surface area contributed by atoms with Gasteiger partial charge in [-0.25, -0.2) is 0 Å². The van der Waals surface area contributed by atoms with Crippen LogP contribution in [0.1, 0.15) is 33.4 Å². The summed E-state index contributed by atoms with van der Waals surface area (Å²) in [4.78, 5) is 34.8. The van der Waals surface area contributed by atoms with E-state index in [0.29, 0.717) is 0 Å². The van der Waals surface area contributed by atoms with Gasteiger partial charge < -0.3 is 74.4 Å². The first-order valence-corrected chi connectivity index (χ1v) is 17.5. The number of rotatable bonds is 12. The number of allylic oxidation sites excluding steroid dienone is 6. The molecule has 0 saturated heterocycles. The van der Waals surface area contributed by atoms with Gasteiger partial charge in [0.15, 0.2) is 17.3 Å². The normalized spacial score (nSPS) is 9.52. The minimum atomic E-state index is -0.0114. The van der Waals surface area contributed by atoms with Gasteiger partial charge in [0.05, 0.1) is 0 Å². The second kappa shape index (κ2) is 45.1. The van der Waals surface area contributed by atoms with Gasteiger partial charge in [-0.15, -0.1) is 0 Å². The summed E-state index contributed by atoms with van der Waals surface area (Å²) in [6.07, 6.45) is 20.4. The van der Waals surface area contributed by atoms with Gasteiger partial charge in [-0.3, -0.25) is 14.4 Å². The van der Waals surface area contributed by atoms with Crippen molar-refractivity contribution in [3.05, 3.63) is 252 Å². The molecule has 0 aromatic heterocycles. The largest absolute Gasteiger partial charge is 2.00 e. The molecule has 0 fully saturated rings. The minimum Gasteiger partial charge on any atom is -1.00 e. The Bertz CT molecular complexity index is 1800. The van der Waals surface area contributed by atoms with E-state index in [-0.39, 0.29) is 153 Å². The molecular weight excluding hydrogens is 1190 g/mol. The minimum absolute atomic E-state index is 0. The van der Waals surface area contributed by atoms with Crippen molar-refractivity contribution < 1.29 is 150 Å². The first-order valence-electron chi connectivity index (χ1n) is 17.5. The van der Waals surface area contributed by atoms with Crippen molar-refractivity contribution in [3.8, 4) is 0 Å². The fourth-order valence-electron chi connectivity index (χ4n) is 4.62. The molecule has 0 radical (unpaired) electrons. The summed E-state index contributed by atoms with van der Waals surface area (Å²) >= 11 is 0. The number of carbonyl (C=O) groups is 3. The van der Waals surface area contributed by atoms with E-state index in [1.54, 1.807) is 36.5 Å². The van der Waals surface area contributed by atoms with E-state index >= 15 is 0 Å². The van der Waals surface area contributed by atoms with E-state index in [0.717, 1.165) is 33.4 Å². The molecule has 0 spiro atoms. The van der Waals surface area contributed by atoms with Gasteiger partial charge >= 0.3 is 61.3 Å². The van der Waals surface area contributed by atoms with Crippen LogP contribution in [0.25, 0.3) is 36.5 Å². The van der Waals surface area contributed by atoms with Crippen LogP contribution in [0.15, 0.2) is 218 Å². The molecule has 0 amide bonds. The Balaban J connectivity index is -0.000000180. The summed E-state index contributed by atoms with van der Waals surface area (Å²) in [5.41, 5.74) is 6.16. The average Bonchev–Trinajstić information content (AvgIpc) is 3.24. The number of carbonyl (C=O) groups excluding carboxylic acids is 3. The maximum Gasteiger partial charge on any atom is 2.00 e. The number of hydrogen-bond donors (Lipinski definition) is 0. The molecular formula is C51H42Cl6O3Pd3. The Morgan fingerprint density at radius 1 is 0.222 bits per heavy atom. The molecule has 0 unspecified atom stereocenters. The topological polar surface area (TPSA) is 51.2 Å². The van der Waals surface area contributed by atoms with Crippen LogP contribution < -0.4 is 74.4 Å². The first kappa shape index (κ1) is 71.1. The standard InChI is InChI=1S/3C17H14O.6ClH.3Pd/c3*18-17(13-11-15-7-3-1-4-8-15)14-12-16-9-5-2-6-10-16;;;;;;;;;/h3*1-14H;6*1H;;;/q;;;;;;;;;3*+2/p-6. The average molecular weight is 1230 g/mol. The monoisotopic (exact) mass is 1230 g/mol. The van der Waals surface area contributed by atoms with Crippen LogP contribution in [0.5, 0.6) is 0 Å². The maximum atomic E-state index is 11.6. The van der Waals surface area contributed by atoms with Crippen LogP contribution in [-0.2, 0) is 75.7 Å². The van der Waals surface area contributed by atoms with Crippen LogP contribution in [0.2, 0.25) is 0 Å². The molecule has 0 atom stereocenters. The quantitative estimate of drug-likeness (QED) is 0.0908. The van der Waals surface area contributed by atoms with Gasteiger partial charge in [0.2, 0.25) is 0 Å². The smallest absolute Gasteiger partial charge is 1.00 e. The zero-order valence-corrected chi connectivity index (χ0v) is 42.4. The van der Waals surface area contributed by atoms with E-state index in [2.05, 4.69) is 0 Å². The first-order chi connectivity index (χ1) is 26.5. The number of halogens is 6. The van der Waals surface area contributed by atoms with E-state index < -0.39 is 0 Å². The molecule has 6 aromatic carbocycles. The van der Waals surface area contributed by atoms with Gasteiger partial charge in [0.1, 0.15) is 0 Å². The molecule has 12 heteroatoms. The molecule has 0 bridgehead atoms. The maximum absolute atomic E-state index is 11.6. The van der Waals surface area contributed by atoms with Crippen molar-refractivity contribution in [2.45, 2.75) is 0 Å². The molecule has 0 aliphatic rings. The fourth-order valence-corrected chi connectivity index (χ4v) is 4.62. The molecule has 0 aliphatic heterocycles. The zero-order chi connectivity index (χ0) is 37.9. The zero-order valence-electron chi connectivity index (χ0n) is 33.2. The van der Waals surface area contributed by atoms with Crippen LogP contribution in [0.3, 0.4) is 0 Å². The number of ketones is 3. The molecule has 3 nitrogen and oxygen atoms in total. The van der Waals surface area contributed by atoms with E-state index in [1.807, 2.05) is 218 Å². The Hall–Kier alpha value is -3.50. The van der Waals surface area contributed by atoms with E-state index in [1.165, 1.54) is 0 Å². The molecule has 0 saturated carbocycles. The van der Waals surface area contributed by atoms with Gasteiger partial charge in [0, 0.05) is 0 Å². The molecule has 63 heavy (non-hydrogen) atoms. The summed E-state index contributed by atoms with van der Waals surface area (Å²) < 4.78 is 0. The van der Waals surface area contributed by atoms with Gasteiger partial charge in [-0.05, 0) is 69.8 Å². The Morgan fingerprint density at radius 2 is 0.333 bits per heavy atom. The predicted molar refractivity (Wildman–Crippen MR) is 228 cm³/mol. The summed E-state index contributed by atoms with van der Waals surface area (Å²) in [7, 11) is 0. The molecule has 6 rings (SSSR count). The molecule has 336 valence electrons. The van der Waals surface area contributed by atoms with Crippen molar-refractivity contribution in [3.63, 3.8) is 0 Å². The summed E-state index contributed by atoms with van der Waals surface area (Å²) in [5, 5.41) is 0. The third-order valence-corrected chi connectivity index (χ3v) is 7.44. The van der Waals surface area contributed by atoms with Crippen molar-refractivity contribution in [1.29, 1.82) is 0 Å². The van der Waals surface area contributed by atoms with Crippen LogP contribution in [0, 0.1) is 0 Å². The second-order valence-corrected chi connectivity index (χ2v) is 11.7. The molecule has 0 heterocycles. The summed E-state index contributed by atoms with van der Waals surface area (Å²) in [6, 6.07) is 58.7. The Labute approximate surface area is 451 Å². The van der Waals surface area contributed by atoms with E-state index in [9.17, 15) is 14.4 Å². The molecule has 0 aliphatic carbocycles. The van der Waals surface area contributed by atoms with Gasteiger partial charge in [-0.2, -0.15) is 0 Å². The SMILES string of the molecule is O=C(C=Cc1ccccc1)C=Cc1ccccc1.O=C(C=Cc1ccccc1)C=Cc1ccccc1.O=C(C=Cc1ccccc1)C=Cc1ccccc1.[Cl-].[Cl-].[Cl-].[Cl-].[Cl-].[Cl-].[Pd+2].[Pd+2].[Pd+2]. The van der Waals surface area contributed by atoms with Crippen molar-refractivity contribution in [2.24, 2.45) is 0 Å². The van der Waals surface area contributed by atoms with Crippen LogP contribution in [0.4, 0.5) is 0 Å². The number of benzene rings is 6. The summed E-state index contributed by atoms with van der Waals surface area (Å²) in [6.45, 7) is 0. The number of hydrogen-bond acceptors (Lipinski definition) is 3. The Kier molecular flexibility index (Phi) is 50.9. The third-order valence-electron chi connectivity index (χ3n) is 7.44. The summed E-state index contributed by atoms with van der Waals surface area (Å²) in [5.74, 6) is -0.0341. The van der Waals surface area contributed by atoms with Crippen LogP contribution >= 0.6 is 0 Å². The second-order valence-electron chi connectivity index (χ2n) is 11.7. The van der Waals surface area contributed by atoms with Crippen molar-refractivity contribution >= 4 is 53.8 Å². The predicted octanol–water partition coefficient (Wildman–Crippen LogP) is -6.04. The van der Waals surface area contributed by atoms with Crippen molar-refractivity contribution in [1.82, 2.24) is 0 Å². The van der Waals surface area contributed by atoms with Crippen LogP contribution in [-0.4, -0.2) is 17.3 Å². The molecule has 6 aromatic rings.